The maximum absolute atomic E-state index is 13.4. The summed E-state index contributed by atoms with van der Waals surface area (Å²) in [6.45, 7) is 3.57. The van der Waals surface area contributed by atoms with E-state index >= 15 is 0 Å². The van der Waals surface area contributed by atoms with Gasteiger partial charge in [0.1, 0.15) is 16.5 Å². The van der Waals surface area contributed by atoms with E-state index in [4.69, 9.17) is 5.26 Å². The number of carbonyl (C=O) groups excluding carboxylic acids is 1. The average Bonchev–Trinajstić information content (AvgIpc) is 3.21. The number of nitrogens with zero attached hydrogens (tertiary/aromatic N) is 5. The van der Waals surface area contributed by atoms with Crippen molar-refractivity contribution in [2.24, 2.45) is 0 Å². The molecule has 0 saturated carbocycles. The highest BCUT2D eigenvalue weighted by Gasteiger charge is 2.35. The summed E-state index contributed by atoms with van der Waals surface area (Å²) in [5, 5.41) is 9.08. The summed E-state index contributed by atoms with van der Waals surface area (Å²) >= 11 is 0. The molecule has 10 heteroatoms. The topological polar surface area (TPSA) is 88.0 Å². The Morgan fingerprint density at radius 2 is 1.84 bits per heavy atom. The lowest BCUT2D eigenvalue weighted by Crippen LogP contribution is -2.57. The summed E-state index contributed by atoms with van der Waals surface area (Å²) in [7, 11) is -1.20. The number of alkyl halides is 1. The minimum absolute atomic E-state index is 0.0215. The van der Waals surface area contributed by atoms with E-state index in [0.717, 1.165) is 16.8 Å². The highest BCUT2D eigenvalue weighted by atomic mass is 32.2. The van der Waals surface area contributed by atoms with Gasteiger partial charge in [-0.25, -0.2) is 12.8 Å². The molecule has 0 aromatic heterocycles. The molecule has 1 amide bonds. The molecule has 8 nitrogen and oxygen atoms in total. The molecule has 0 aliphatic carbocycles. The lowest BCUT2D eigenvalue weighted by atomic mass is 10.1. The van der Waals surface area contributed by atoms with E-state index in [1.54, 1.807) is 29.2 Å². The Labute approximate surface area is 224 Å². The van der Waals surface area contributed by atoms with Gasteiger partial charge in [0.25, 0.3) is 0 Å². The van der Waals surface area contributed by atoms with Gasteiger partial charge in [-0.15, -0.1) is 0 Å². The van der Waals surface area contributed by atoms with Gasteiger partial charge in [0.15, 0.2) is 0 Å². The van der Waals surface area contributed by atoms with Gasteiger partial charge in [-0.1, -0.05) is 18.2 Å². The van der Waals surface area contributed by atoms with Crippen molar-refractivity contribution in [1.82, 2.24) is 14.7 Å². The normalized spacial score (nSPS) is 18.6. The molecule has 2 heterocycles. The van der Waals surface area contributed by atoms with Gasteiger partial charge in [0.2, 0.25) is 5.91 Å². The molecule has 1 saturated heterocycles. The zero-order valence-electron chi connectivity index (χ0n) is 22.1. The number of nitriles is 1. The minimum atomic E-state index is -3.19. The summed E-state index contributed by atoms with van der Waals surface area (Å²) in [5.74, 6) is -0.0743. The van der Waals surface area contributed by atoms with E-state index in [1.807, 2.05) is 32.2 Å². The third kappa shape index (κ3) is 6.91. The molecule has 1 fully saturated rings. The predicted molar refractivity (Wildman–Crippen MR) is 145 cm³/mol. The van der Waals surface area contributed by atoms with Crippen molar-refractivity contribution >= 4 is 21.4 Å². The number of aryl methyl sites for hydroxylation is 1. The van der Waals surface area contributed by atoms with Crippen LogP contribution in [0.25, 0.3) is 0 Å². The number of piperazine rings is 1. The summed E-state index contributed by atoms with van der Waals surface area (Å²) < 4.78 is 37.5. The van der Waals surface area contributed by atoms with Crippen LogP contribution in [0.4, 0.5) is 10.1 Å². The number of carbonyl (C=O) groups is 1. The van der Waals surface area contributed by atoms with E-state index in [1.165, 1.54) is 6.26 Å². The van der Waals surface area contributed by atoms with E-state index in [9.17, 15) is 17.6 Å². The predicted octanol–water partition coefficient (Wildman–Crippen LogP) is 3.03. The standard InChI is InChI=1S/C28H34FN5O3S/c1-21-10-24(13-29)12-26(11-21)34-18-25(8-9-38(3,36)37)32(19-28(34)35)17-27-16-31(2)20-33(27)15-23-6-4-22(14-30)5-7-23/h4-7,10-12,16,25H,8-9,13,15,17-20H2,1-3H3/t25-/m0/s1. The van der Waals surface area contributed by atoms with Gasteiger partial charge in [-0.2, -0.15) is 5.26 Å². The molecule has 202 valence electrons. The Kier molecular flexibility index (Phi) is 8.38. The first-order valence-corrected chi connectivity index (χ1v) is 14.6. The molecule has 0 bridgehead atoms. The molecule has 0 spiro atoms. The van der Waals surface area contributed by atoms with Crippen LogP contribution in [0.3, 0.4) is 0 Å². The summed E-state index contributed by atoms with van der Waals surface area (Å²) in [6.07, 6.45) is 3.68. The summed E-state index contributed by atoms with van der Waals surface area (Å²) in [5.41, 5.74) is 4.76. The van der Waals surface area contributed by atoms with Crippen LogP contribution >= 0.6 is 0 Å². The quantitative estimate of drug-likeness (QED) is 0.484. The first-order chi connectivity index (χ1) is 18.0. The van der Waals surface area contributed by atoms with Crippen LogP contribution in [0.2, 0.25) is 0 Å². The second-order valence-corrected chi connectivity index (χ2v) is 12.6. The van der Waals surface area contributed by atoms with Gasteiger partial charge in [-0.3, -0.25) is 9.69 Å². The molecule has 38 heavy (non-hydrogen) atoms. The van der Waals surface area contributed by atoms with Gasteiger partial charge >= 0.3 is 0 Å². The number of sulfone groups is 1. The van der Waals surface area contributed by atoms with Crippen molar-refractivity contribution in [3.8, 4) is 6.07 Å². The number of anilines is 1. The lowest BCUT2D eigenvalue weighted by molar-refractivity contribution is -0.122. The lowest BCUT2D eigenvalue weighted by Gasteiger charge is -2.42. The van der Waals surface area contributed by atoms with E-state index in [-0.39, 0.29) is 24.2 Å². The largest absolute Gasteiger partial charge is 0.361 e. The van der Waals surface area contributed by atoms with Crippen molar-refractivity contribution < 1.29 is 17.6 Å². The molecule has 2 aromatic carbocycles. The van der Waals surface area contributed by atoms with Crippen LogP contribution < -0.4 is 4.90 Å². The Hall–Kier alpha value is -3.42. The fraction of sp³-hybridized carbons (Fsp3) is 0.429. The Morgan fingerprint density at radius 1 is 1.11 bits per heavy atom. The van der Waals surface area contributed by atoms with Gasteiger partial charge in [0.05, 0.1) is 30.6 Å². The van der Waals surface area contributed by atoms with Gasteiger partial charge < -0.3 is 14.7 Å². The average molecular weight is 540 g/mol. The number of halogens is 1. The highest BCUT2D eigenvalue weighted by molar-refractivity contribution is 7.90. The first kappa shape index (κ1) is 27.6. The summed E-state index contributed by atoms with van der Waals surface area (Å²) in [4.78, 5) is 21.4. The van der Waals surface area contributed by atoms with Crippen molar-refractivity contribution in [3.63, 3.8) is 0 Å². The Balaban J connectivity index is 1.54. The van der Waals surface area contributed by atoms with Crippen LogP contribution in [0.1, 0.15) is 28.7 Å². The molecular formula is C28H34FN5O3S. The Morgan fingerprint density at radius 3 is 2.50 bits per heavy atom. The Bertz CT molecular complexity index is 1350. The highest BCUT2D eigenvalue weighted by Crippen LogP contribution is 2.27. The van der Waals surface area contributed by atoms with Gasteiger partial charge in [-0.05, 0) is 54.3 Å². The van der Waals surface area contributed by atoms with Gasteiger partial charge in [0, 0.05) is 56.6 Å². The van der Waals surface area contributed by atoms with Crippen LogP contribution in [0, 0.1) is 18.3 Å². The first-order valence-electron chi connectivity index (χ1n) is 12.6. The molecule has 4 rings (SSSR count). The van der Waals surface area contributed by atoms with Crippen molar-refractivity contribution in [2.45, 2.75) is 32.6 Å². The van der Waals surface area contributed by atoms with Crippen LogP contribution in [-0.4, -0.2) is 80.4 Å². The molecule has 2 aliphatic rings. The maximum atomic E-state index is 13.4. The van der Waals surface area contributed by atoms with E-state index in [0.29, 0.717) is 49.5 Å². The monoisotopic (exact) mass is 539 g/mol. The SMILES string of the molecule is Cc1cc(CF)cc(N2C[C@H](CCS(C)(=O)=O)N(CC3=CN(C)CN3Cc3ccc(C#N)cc3)CC2=O)c1. The number of hydrogen-bond acceptors (Lipinski definition) is 7. The number of rotatable bonds is 9. The second-order valence-electron chi connectivity index (χ2n) is 10.3. The molecule has 2 aliphatic heterocycles. The van der Waals surface area contributed by atoms with Crippen molar-refractivity contribution in [1.29, 1.82) is 5.26 Å². The van der Waals surface area contributed by atoms with Crippen LogP contribution in [0.5, 0.6) is 0 Å². The minimum Gasteiger partial charge on any atom is -0.361 e. The zero-order chi connectivity index (χ0) is 27.4. The number of benzene rings is 2. The summed E-state index contributed by atoms with van der Waals surface area (Å²) in [6, 6.07) is 14.8. The zero-order valence-corrected chi connectivity index (χ0v) is 22.9. The van der Waals surface area contributed by atoms with Crippen LogP contribution in [0.15, 0.2) is 54.4 Å². The number of amides is 1. The molecule has 0 radical (unpaired) electrons. The van der Waals surface area contributed by atoms with E-state index < -0.39 is 16.5 Å². The third-order valence-corrected chi connectivity index (χ3v) is 7.93. The maximum Gasteiger partial charge on any atom is 0.241 e. The number of hydrogen-bond donors (Lipinski definition) is 0. The fourth-order valence-corrected chi connectivity index (χ4v) is 5.79. The molecular weight excluding hydrogens is 505 g/mol. The molecule has 2 aromatic rings. The van der Waals surface area contributed by atoms with Crippen molar-refractivity contribution in [2.75, 3.05) is 50.3 Å². The third-order valence-electron chi connectivity index (χ3n) is 6.95. The van der Waals surface area contributed by atoms with Crippen LogP contribution in [-0.2, 0) is 27.9 Å². The molecule has 1 atom stereocenters. The second kappa shape index (κ2) is 11.5. The van der Waals surface area contributed by atoms with E-state index in [2.05, 4.69) is 27.0 Å². The smallest absolute Gasteiger partial charge is 0.241 e. The molecule has 0 N–H and O–H groups in total. The molecule has 0 unspecified atom stereocenters. The fourth-order valence-electron chi connectivity index (χ4n) is 5.09. The van der Waals surface area contributed by atoms with Crippen molar-refractivity contribution in [3.05, 3.63) is 76.6 Å².